The number of hydrogen-bond donors (Lipinski definition) is 2. The second-order valence-corrected chi connectivity index (χ2v) is 8.03. The fourth-order valence-corrected chi connectivity index (χ4v) is 2.41. The summed E-state index contributed by atoms with van der Waals surface area (Å²) < 4.78 is 5.32. The van der Waals surface area contributed by atoms with Gasteiger partial charge in [0.1, 0.15) is 5.60 Å². The van der Waals surface area contributed by atoms with Crippen LogP contribution in [-0.2, 0) is 4.74 Å². The minimum atomic E-state index is -0.486. The predicted molar refractivity (Wildman–Crippen MR) is 95.8 cm³/mol. The molecule has 0 aliphatic heterocycles. The van der Waals surface area contributed by atoms with Crippen LogP contribution in [0.25, 0.3) is 0 Å². The molecule has 4 heteroatoms. The molecule has 1 amide bonds. The Balaban J connectivity index is 2.59. The van der Waals surface area contributed by atoms with Crippen molar-refractivity contribution in [1.82, 2.24) is 10.6 Å². The zero-order chi connectivity index (χ0) is 17.8. The number of hydrogen-bond acceptors (Lipinski definition) is 3. The lowest BCUT2D eigenvalue weighted by atomic mass is 10.0. The summed E-state index contributed by atoms with van der Waals surface area (Å²) in [5.74, 6) is 0. The van der Waals surface area contributed by atoms with E-state index in [0.717, 1.165) is 0 Å². The fourth-order valence-electron chi connectivity index (χ4n) is 2.41. The number of rotatable bonds is 5. The van der Waals surface area contributed by atoms with Crippen LogP contribution in [0.3, 0.4) is 0 Å². The van der Waals surface area contributed by atoms with E-state index >= 15 is 0 Å². The quantitative estimate of drug-likeness (QED) is 0.852. The Morgan fingerprint density at radius 2 is 1.61 bits per heavy atom. The van der Waals surface area contributed by atoms with Crippen LogP contribution in [0.1, 0.15) is 64.3 Å². The first-order valence-electron chi connectivity index (χ1n) is 8.21. The summed E-state index contributed by atoms with van der Waals surface area (Å²) >= 11 is 0. The Kier molecular flexibility index (Phi) is 6.23. The van der Waals surface area contributed by atoms with Crippen LogP contribution in [0.15, 0.2) is 18.2 Å². The molecule has 4 nitrogen and oxygen atoms in total. The Morgan fingerprint density at radius 1 is 1.09 bits per heavy atom. The zero-order valence-electron chi connectivity index (χ0n) is 15.8. The van der Waals surface area contributed by atoms with Crippen LogP contribution < -0.4 is 10.6 Å². The minimum Gasteiger partial charge on any atom is -0.444 e. The first-order chi connectivity index (χ1) is 10.4. The van der Waals surface area contributed by atoms with E-state index in [2.05, 4.69) is 49.6 Å². The van der Waals surface area contributed by atoms with E-state index in [1.165, 1.54) is 16.7 Å². The molecule has 1 unspecified atom stereocenters. The highest BCUT2D eigenvalue weighted by Gasteiger charge is 2.25. The lowest BCUT2D eigenvalue weighted by Crippen LogP contribution is -2.51. The van der Waals surface area contributed by atoms with Crippen LogP contribution in [0.2, 0.25) is 0 Å². The predicted octanol–water partition coefficient (Wildman–Crippen LogP) is 4.26. The summed E-state index contributed by atoms with van der Waals surface area (Å²) in [6, 6.07) is 6.77. The highest BCUT2D eigenvalue weighted by molar-refractivity contribution is 5.68. The number of aryl methyl sites for hydroxylation is 2. The summed E-state index contributed by atoms with van der Waals surface area (Å²) in [5.41, 5.74) is 2.91. The number of benzene rings is 1. The van der Waals surface area contributed by atoms with Gasteiger partial charge >= 0.3 is 6.09 Å². The molecule has 1 atom stereocenters. The monoisotopic (exact) mass is 320 g/mol. The molecule has 0 aliphatic carbocycles. The Labute approximate surface area is 141 Å². The van der Waals surface area contributed by atoms with E-state index in [0.29, 0.717) is 6.54 Å². The third kappa shape index (κ3) is 7.51. The first-order valence-corrected chi connectivity index (χ1v) is 8.21. The van der Waals surface area contributed by atoms with E-state index in [1.807, 2.05) is 34.6 Å². The Morgan fingerprint density at radius 3 is 2.09 bits per heavy atom. The lowest BCUT2D eigenvalue weighted by molar-refractivity contribution is 0.0471. The molecule has 0 aliphatic rings. The van der Waals surface area contributed by atoms with E-state index in [-0.39, 0.29) is 12.1 Å². The van der Waals surface area contributed by atoms with Gasteiger partial charge in [-0.2, -0.15) is 0 Å². The summed E-state index contributed by atoms with van der Waals surface area (Å²) in [6.45, 7) is 16.6. The summed E-state index contributed by atoms with van der Waals surface area (Å²) in [5, 5.41) is 6.41. The Bertz CT molecular complexity index is 525. The number of carbonyl (C=O) groups excluding carboxylic acids is 1. The third-order valence-corrected chi connectivity index (χ3v) is 3.43. The number of ether oxygens (including phenoxy) is 1. The van der Waals surface area contributed by atoms with Gasteiger partial charge in [0, 0.05) is 12.6 Å². The molecule has 0 aromatic heterocycles. The van der Waals surface area contributed by atoms with Crippen LogP contribution in [-0.4, -0.2) is 23.8 Å². The van der Waals surface area contributed by atoms with E-state index < -0.39 is 11.1 Å². The van der Waals surface area contributed by atoms with Gasteiger partial charge in [-0.05, 0) is 61.0 Å². The molecule has 0 heterocycles. The molecular formula is C19H32N2O2. The van der Waals surface area contributed by atoms with Gasteiger partial charge in [0.15, 0.2) is 0 Å². The van der Waals surface area contributed by atoms with Crippen LogP contribution in [0, 0.1) is 13.8 Å². The maximum atomic E-state index is 11.9. The SMILES string of the molecule is Cc1cc(C)cc(C(C)NCC(C)(C)NC(=O)OC(C)(C)C)c1. The molecule has 130 valence electrons. The molecule has 1 aromatic carbocycles. The molecule has 0 saturated carbocycles. The molecule has 1 rings (SSSR count). The van der Waals surface area contributed by atoms with Crippen molar-refractivity contribution in [2.75, 3.05) is 6.54 Å². The average Bonchev–Trinajstić information content (AvgIpc) is 2.31. The lowest BCUT2D eigenvalue weighted by Gasteiger charge is -2.30. The molecule has 0 radical (unpaired) electrons. The molecule has 23 heavy (non-hydrogen) atoms. The maximum Gasteiger partial charge on any atom is 0.408 e. The van der Waals surface area contributed by atoms with Crippen molar-refractivity contribution in [2.45, 2.75) is 72.6 Å². The van der Waals surface area contributed by atoms with Crippen molar-refractivity contribution in [1.29, 1.82) is 0 Å². The normalized spacial score (nSPS) is 13.6. The van der Waals surface area contributed by atoms with Gasteiger partial charge in [0.25, 0.3) is 0 Å². The second-order valence-electron chi connectivity index (χ2n) is 8.03. The van der Waals surface area contributed by atoms with Crippen molar-refractivity contribution in [3.63, 3.8) is 0 Å². The molecule has 0 fully saturated rings. The molecular weight excluding hydrogens is 288 g/mol. The summed E-state index contributed by atoms with van der Waals surface area (Å²) in [4.78, 5) is 11.9. The number of nitrogens with one attached hydrogen (secondary N) is 2. The van der Waals surface area contributed by atoms with Gasteiger partial charge < -0.3 is 15.4 Å². The highest BCUT2D eigenvalue weighted by atomic mass is 16.6. The molecule has 0 bridgehead atoms. The van der Waals surface area contributed by atoms with Gasteiger partial charge in [-0.1, -0.05) is 29.3 Å². The van der Waals surface area contributed by atoms with Crippen molar-refractivity contribution in [3.05, 3.63) is 34.9 Å². The van der Waals surface area contributed by atoms with Gasteiger partial charge in [-0.3, -0.25) is 0 Å². The van der Waals surface area contributed by atoms with E-state index in [9.17, 15) is 4.79 Å². The van der Waals surface area contributed by atoms with Gasteiger partial charge in [0.2, 0.25) is 0 Å². The van der Waals surface area contributed by atoms with E-state index in [4.69, 9.17) is 4.74 Å². The van der Waals surface area contributed by atoms with Crippen LogP contribution in [0.4, 0.5) is 4.79 Å². The van der Waals surface area contributed by atoms with E-state index in [1.54, 1.807) is 0 Å². The maximum absolute atomic E-state index is 11.9. The summed E-state index contributed by atoms with van der Waals surface area (Å²) in [7, 11) is 0. The zero-order valence-corrected chi connectivity index (χ0v) is 15.8. The first kappa shape index (κ1) is 19.5. The number of amides is 1. The van der Waals surface area contributed by atoms with Crippen molar-refractivity contribution >= 4 is 6.09 Å². The number of carbonyl (C=O) groups is 1. The fraction of sp³-hybridized carbons (Fsp3) is 0.632. The minimum absolute atomic E-state index is 0.216. The summed E-state index contributed by atoms with van der Waals surface area (Å²) in [6.07, 6.45) is -0.386. The van der Waals surface area contributed by atoms with Gasteiger partial charge in [0.05, 0.1) is 5.54 Å². The smallest absolute Gasteiger partial charge is 0.408 e. The van der Waals surface area contributed by atoms with Crippen LogP contribution >= 0.6 is 0 Å². The Hall–Kier alpha value is -1.55. The van der Waals surface area contributed by atoms with Gasteiger partial charge in [-0.25, -0.2) is 4.79 Å². The average molecular weight is 320 g/mol. The highest BCUT2D eigenvalue weighted by Crippen LogP contribution is 2.17. The van der Waals surface area contributed by atoms with Crippen LogP contribution in [0.5, 0.6) is 0 Å². The third-order valence-electron chi connectivity index (χ3n) is 3.43. The van der Waals surface area contributed by atoms with Crippen molar-refractivity contribution < 1.29 is 9.53 Å². The van der Waals surface area contributed by atoms with Crippen molar-refractivity contribution in [3.8, 4) is 0 Å². The second kappa shape index (κ2) is 7.35. The van der Waals surface area contributed by atoms with Crippen molar-refractivity contribution in [2.24, 2.45) is 0 Å². The van der Waals surface area contributed by atoms with Gasteiger partial charge in [-0.15, -0.1) is 0 Å². The number of alkyl carbamates (subject to hydrolysis) is 1. The molecule has 2 N–H and O–H groups in total. The molecule has 1 aromatic rings. The standard InChI is InChI=1S/C19H32N2O2/c1-13-9-14(2)11-16(10-13)15(3)20-12-19(7,8)21-17(22)23-18(4,5)6/h9-11,15,20H,12H2,1-8H3,(H,21,22). The molecule has 0 spiro atoms. The topological polar surface area (TPSA) is 50.4 Å². The molecule has 0 saturated heterocycles. The largest absolute Gasteiger partial charge is 0.444 e.